The Kier molecular flexibility index (Phi) is 6.00. The van der Waals surface area contributed by atoms with Crippen molar-refractivity contribution in [1.29, 1.82) is 0 Å². The third kappa shape index (κ3) is 4.47. The molecule has 0 atom stereocenters. The van der Waals surface area contributed by atoms with Crippen LogP contribution in [0, 0.1) is 0 Å². The Morgan fingerprint density at radius 3 is 2.74 bits per heavy atom. The molecular formula is C17H17ClN2O3. The minimum atomic E-state index is -0.371. The van der Waals surface area contributed by atoms with Crippen molar-refractivity contribution in [2.45, 2.75) is 6.92 Å². The quantitative estimate of drug-likeness (QED) is 0.650. The Hall–Kier alpha value is -2.53. The topological polar surface area (TPSA) is 59.9 Å². The molecule has 2 rings (SSSR count). The average Bonchev–Trinajstić information content (AvgIpc) is 2.56. The molecule has 0 heterocycles. The van der Waals surface area contributed by atoms with Crippen LogP contribution in [0.5, 0.6) is 11.5 Å². The van der Waals surface area contributed by atoms with E-state index in [4.69, 9.17) is 21.1 Å². The number of carbonyl (C=O) groups is 1. The van der Waals surface area contributed by atoms with E-state index in [2.05, 4.69) is 10.5 Å². The number of amides is 1. The molecule has 0 saturated carbocycles. The molecule has 0 fully saturated rings. The molecule has 0 radical (unpaired) electrons. The van der Waals surface area contributed by atoms with Gasteiger partial charge in [0.15, 0.2) is 11.5 Å². The summed E-state index contributed by atoms with van der Waals surface area (Å²) in [6.45, 7) is 2.46. The van der Waals surface area contributed by atoms with E-state index in [-0.39, 0.29) is 5.91 Å². The third-order valence-corrected chi connectivity index (χ3v) is 3.32. The molecule has 1 amide bonds. The van der Waals surface area contributed by atoms with Gasteiger partial charge in [0.05, 0.1) is 30.5 Å². The lowest BCUT2D eigenvalue weighted by Crippen LogP contribution is -2.17. The van der Waals surface area contributed by atoms with Crippen molar-refractivity contribution in [1.82, 2.24) is 5.43 Å². The van der Waals surface area contributed by atoms with Crippen molar-refractivity contribution in [2.75, 3.05) is 13.7 Å². The zero-order chi connectivity index (χ0) is 16.7. The molecule has 0 aliphatic rings. The van der Waals surface area contributed by atoms with Crippen LogP contribution in [0.1, 0.15) is 22.8 Å². The van der Waals surface area contributed by atoms with Crippen LogP contribution in [-0.4, -0.2) is 25.8 Å². The van der Waals surface area contributed by atoms with Crippen LogP contribution in [-0.2, 0) is 0 Å². The maximum absolute atomic E-state index is 12.0. The van der Waals surface area contributed by atoms with Gasteiger partial charge in [-0.3, -0.25) is 4.79 Å². The summed E-state index contributed by atoms with van der Waals surface area (Å²) < 4.78 is 10.7. The van der Waals surface area contributed by atoms with Gasteiger partial charge in [0.1, 0.15) is 0 Å². The lowest BCUT2D eigenvalue weighted by Gasteiger charge is -2.09. The van der Waals surface area contributed by atoms with Crippen LogP contribution in [0.4, 0.5) is 0 Å². The van der Waals surface area contributed by atoms with E-state index in [1.807, 2.05) is 13.0 Å². The second-order valence-electron chi connectivity index (χ2n) is 4.52. The van der Waals surface area contributed by atoms with E-state index in [9.17, 15) is 4.79 Å². The SMILES string of the molecule is CCOc1ccc(/C=N/NC(=O)c2ccccc2Cl)cc1OC. The van der Waals surface area contributed by atoms with Crippen molar-refractivity contribution in [3.05, 3.63) is 58.6 Å². The Bertz CT molecular complexity index is 717. The van der Waals surface area contributed by atoms with Gasteiger partial charge in [-0.15, -0.1) is 0 Å². The first-order chi connectivity index (χ1) is 11.2. The molecule has 0 saturated heterocycles. The number of nitrogens with zero attached hydrogens (tertiary/aromatic N) is 1. The fraction of sp³-hybridized carbons (Fsp3) is 0.176. The number of rotatable bonds is 6. The molecule has 6 heteroatoms. The van der Waals surface area contributed by atoms with Gasteiger partial charge < -0.3 is 9.47 Å². The molecule has 1 N–H and O–H groups in total. The molecule has 23 heavy (non-hydrogen) atoms. The van der Waals surface area contributed by atoms with Gasteiger partial charge in [-0.1, -0.05) is 23.7 Å². The molecule has 2 aromatic carbocycles. The van der Waals surface area contributed by atoms with Crippen molar-refractivity contribution in [3.63, 3.8) is 0 Å². The Morgan fingerprint density at radius 1 is 1.26 bits per heavy atom. The van der Waals surface area contributed by atoms with E-state index in [1.165, 1.54) is 6.21 Å². The minimum absolute atomic E-state index is 0.371. The Labute approximate surface area is 139 Å². The van der Waals surface area contributed by atoms with Crippen LogP contribution < -0.4 is 14.9 Å². The van der Waals surface area contributed by atoms with Gasteiger partial charge in [-0.2, -0.15) is 5.10 Å². The monoisotopic (exact) mass is 332 g/mol. The van der Waals surface area contributed by atoms with E-state index in [0.29, 0.717) is 28.7 Å². The predicted octanol–water partition coefficient (Wildman–Crippen LogP) is 3.51. The van der Waals surface area contributed by atoms with Gasteiger partial charge in [0.2, 0.25) is 0 Å². The lowest BCUT2D eigenvalue weighted by molar-refractivity contribution is 0.0955. The molecule has 0 bridgehead atoms. The zero-order valence-corrected chi connectivity index (χ0v) is 13.6. The van der Waals surface area contributed by atoms with E-state index < -0.39 is 0 Å². The third-order valence-electron chi connectivity index (χ3n) is 2.99. The van der Waals surface area contributed by atoms with E-state index >= 15 is 0 Å². The highest BCUT2D eigenvalue weighted by molar-refractivity contribution is 6.33. The summed E-state index contributed by atoms with van der Waals surface area (Å²) in [5, 5.41) is 4.31. The molecule has 5 nitrogen and oxygen atoms in total. The van der Waals surface area contributed by atoms with Gasteiger partial charge in [0.25, 0.3) is 5.91 Å². The maximum Gasteiger partial charge on any atom is 0.272 e. The molecule has 0 aliphatic carbocycles. The maximum atomic E-state index is 12.0. The number of hydrogen-bond donors (Lipinski definition) is 1. The number of hydrogen-bond acceptors (Lipinski definition) is 4. The van der Waals surface area contributed by atoms with Crippen molar-refractivity contribution in [3.8, 4) is 11.5 Å². The smallest absolute Gasteiger partial charge is 0.272 e. The van der Waals surface area contributed by atoms with Crippen LogP contribution in [0.3, 0.4) is 0 Å². The number of hydrazone groups is 1. The van der Waals surface area contributed by atoms with E-state index in [1.54, 1.807) is 43.5 Å². The van der Waals surface area contributed by atoms with Crippen LogP contribution in [0.15, 0.2) is 47.6 Å². The van der Waals surface area contributed by atoms with E-state index in [0.717, 1.165) is 5.56 Å². The summed E-state index contributed by atoms with van der Waals surface area (Å²) in [6, 6.07) is 12.2. The number of carbonyl (C=O) groups excluding carboxylic acids is 1. The summed E-state index contributed by atoms with van der Waals surface area (Å²) in [4.78, 5) is 12.0. The number of ether oxygens (including phenoxy) is 2. The highest BCUT2D eigenvalue weighted by atomic mass is 35.5. The summed E-state index contributed by atoms with van der Waals surface area (Å²) in [5.41, 5.74) is 3.58. The summed E-state index contributed by atoms with van der Waals surface area (Å²) in [5.74, 6) is 0.894. The largest absolute Gasteiger partial charge is 0.493 e. The van der Waals surface area contributed by atoms with Crippen molar-refractivity contribution in [2.24, 2.45) is 5.10 Å². The van der Waals surface area contributed by atoms with Gasteiger partial charge in [0, 0.05) is 0 Å². The second-order valence-corrected chi connectivity index (χ2v) is 4.93. The number of benzene rings is 2. The molecule has 0 unspecified atom stereocenters. The molecule has 0 aromatic heterocycles. The number of methoxy groups -OCH3 is 1. The highest BCUT2D eigenvalue weighted by Crippen LogP contribution is 2.27. The molecular weight excluding hydrogens is 316 g/mol. The molecule has 2 aromatic rings. The number of nitrogens with one attached hydrogen (secondary N) is 1. The normalized spacial score (nSPS) is 10.6. The highest BCUT2D eigenvalue weighted by Gasteiger charge is 2.08. The van der Waals surface area contributed by atoms with Gasteiger partial charge in [-0.05, 0) is 42.8 Å². The van der Waals surface area contributed by atoms with Gasteiger partial charge >= 0.3 is 0 Å². The van der Waals surface area contributed by atoms with Crippen molar-refractivity contribution < 1.29 is 14.3 Å². The summed E-state index contributed by atoms with van der Waals surface area (Å²) >= 11 is 5.96. The summed E-state index contributed by atoms with van der Waals surface area (Å²) in [6.07, 6.45) is 1.52. The standard InChI is InChI=1S/C17H17ClN2O3/c1-3-23-15-9-8-12(10-16(15)22-2)11-19-20-17(21)13-6-4-5-7-14(13)18/h4-11H,3H2,1-2H3,(H,20,21)/b19-11+. The zero-order valence-electron chi connectivity index (χ0n) is 12.9. The summed E-state index contributed by atoms with van der Waals surface area (Å²) in [7, 11) is 1.57. The first-order valence-corrected chi connectivity index (χ1v) is 7.42. The average molecular weight is 333 g/mol. The first kappa shape index (κ1) is 16.8. The minimum Gasteiger partial charge on any atom is -0.493 e. The molecule has 0 spiro atoms. The Morgan fingerprint density at radius 2 is 2.04 bits per heavy atom. The van der Waals surface area contributed by atoms with Gasteiger partial charge in [-0.25, -0.2) is 5.43 Å². The van der Waals surface area contributed by atoms with Crippen molar-refractivity contribution >= 4 is 23.7 Å². The fourth-order valence-electron chi connectivity index (χ4n) is 1.91. The Balaban J connectivity index is 2.06. The fourth-order valence-corrected chi connectivity index (χ4v) is 2.13. The lowest BCUT2D eigenvalue weighted by atomic mass is 10.2. The second kappa shape index (κ2) is 8.19. The molecule has 120 valence electrons. The number of halogens is 1. The molecule has 0 aliphatic heterocycles. The van der Waals surface area contributed by atoms with Crippen LogP contribution >= 0.6 is 11.6 Å². The first-order valence-electron chi connectivity index (χ1n) is 7.04. The van der Waals surface area contributed by atoms with Crippen LogP contribution in [0.2, 0.25) is 5.02 Å². The van der Waals surface area contributed by atoms with Crippen LogP contribution in [0.25, 0.3) is 0 Å². The predicted molar refractivity (Wildman–Crippen MR) is 90.7 cm³/mol.